The molecule has 0 aliphatic rings. The van der Waals surface area contributed by atoms with Crippen molar-refractivity contribution in [1.82, 2.24) is 21.3 Å². The molecule has 38 heteroatoms. The van der Waals surface area contributed by atoms with Crippen LogP contribution in [-0.4, -0.2) is 153 Å². The van der Waals surface area contributed by atoms with Gasteiger partial charge in [-0.2, -0.15) is 60.9 Å². The van der Waals surface area contributed by atoms with Crippen LogP contribution in [-0.2, 0) is 515 Å². The number of nitrogens with one attached hydrogen (secondary N) is 4. The number of rotatable bonds is 22. The van der Waals surface area contributed by atoms with Gasteiger partial charge in [0.1, 0.15) is 11.6 Å². The second-order valence-corrected chi connectivity index (χ2v) is 14.2. The summed E-state index contributed by atoms with van der Waals surface area (Å²) < 4.78 is 0. The van der Waals surface area contributed by atoms with Crippen molar-refractivity contribution in [2.75, 3.05) is 50.0 Å². The normalized spacial score (nSPS) is 7.77. The molecule has 414 valence electrons. The van der Waals surface area contributed by atoms with Crippen molar-refractivity contribution in [1.29, 1.82) is 0 Å². The topological polar surface area (TPSA) is 334 Å². The Morgan fingerprint density at radius 3 is 0.731 bits per heavy atom. The van der Waals surface area contributed by atoms with E-state index in [1.54, 1.807) is 74.7 Å². The molecule has 8 N–H and O–H groups in total. The van der Waals surface area contributed by atoms with E-state index in [4.69, 9.17) is 20.4 Å². The molecule has 0 aliphatic heterocycles. The number of aliphatic carboxylic acids is 4. The molecule has 0 aromatic carbocycles. The predicted octanol–water partition coefficient (Wildman–Crippen LogP) is 3.36. The van der Waals surface area contributed by atoms with Gasteiger partial charge in [0, 0.05) is 508 Å². The SMILES string of the molecule is CCCC(=O)C([C-]=O)(NC(=O)/C=C\C(=O)O)NC(=O)/C=C\C(=O)O.CCCC(=O)C([C-]=O)(NC(=O)CCC(=O)O)NC(=O)CCC(=O)O.CSC.CSC.CSC.CSC.[CH2-]C.[CH2-]C.[Y].[Y].[Y].[Y].[Y].[Y].[Y].[Y].[Y].[Y].[Y].[Y].[Y].[Y]. The minimum atomic E-state index is -2.56. The zero-order valence-electron chi connectivity index (χ0n) is 46.8. The summed E-state index contributed by atoms with van der Waals surface area (Å²) in [4.78, 5) is 135. The monoisotopic (exact) mass is 2230 g/mol. The van der Waals surface area contributed by atoms with Gasteiger partial charge in [-0.15, -0.1) is 0 Å². The van der Waals surface area contributed by atoms with E-state index in [0.717, 1.165) is 0 Å². The molecule has 0 fully saturated rings. The van der Waals surface area contributed by atoms with Crippen molar-refractivity contribution in [2.24, 2.45) is 0 Å². The number of hydrogen-bond acceptors (Lipinski definition) is 16. The smallest absolute Gasteiger partial charge is 0.328 e. The number of carboxylic acid groups (broad SMARTS) is 4. The fourth-order valence-electron chi connectivity index (χ4n) is 3.12. The number of ketones is 2. The van der Waals surface area contributed by atoms with Gasteiger partial charge in [-0.3, -0.25) is 38.4 Å². The summed E-state index contributed by atoms with van der Waals surface area (Å²) in [7, 11) is 0. The molecule has 0 aromatic rings. The van der Waals surface area contributed by atoms with Gasteiger partial charge in [-0.25, -0.2) is 22.2 Å². The van der Waals surface area contributed by atoms with Crippen LogP contribution in [0.4, 0.5) is 0 Å². The van der Waals surface area contributed by atoms with Crippen molar-refractivity contribution in [3.8, 4) is 0 Å². The molecule has 4 amide bonds. The number of carbonyl (C=O) groups is 10. The third kappa shape index (κ3) is 114. The molecular weight excluding hydrogens is 2170 g/mol. The fraction of sp³-hybridized carbons (Fsp3) is 0.550. The van der Waals surface area contributed by atoms with Gasteiger partial charge >= 0.3 is 23.9 Å². The van der Waals surface area contributed by atoms with Crippen molar-refractivity contribution < 1.29 is 536 Å². The van der Waals surface area contributed by atoms with Crippen molar-refractivity contribution in [3.63, 3.8) is 0 Å². The van der Waals surface area contributed by atoms with E-state index in [-0.39, 0.29) is 477 Å². The molecule has 0 heterocycles. The number of amides is 4. The number of carbonyl (C=O) groups excluding carboxylic acids is 8. The zero-order chi connectivity index (χ0) is 52.3. The second-order valence-electron chi connectivity index (χ2n) is 10.9. The molecule has 0 saturated heterocycles. The molecule has 0 bridgehead atoms. The van der Waals surface area contributed by atoms with Crippen LogP contribution < -0.4 is 21.3 Å². The average molecular weight is 2230 g/mol. The molecule has 0 saturated carbocycles. The van der Waals surface area contributed by atoms with Crippen LogP contribution in [0.5, 0.6) is 0 Å². The predicted molar refractivity (Wildman–Crippen MR) is 256 cm³/mol. The number of hydrogen-bond donors (Lipinski definition) is 8. The van der Waals surface area contributed by atoms with Gasteiger partial charge in [0.2, 0.25) is 23.6 Å². The average Bonchev–Trinajstić information content (AvgIpc) is 3.23. The van der Waals surface area contributed by atoms with E-state index in [0.29, 0.717) is 30.7 Å². The molecule has 0 unspecified atom stereocenters. The van der Waals surface area contributed by atoms with Crippen LogP contribution >= 0.6 is 47.0 Å². The second kappa shape index (κ2) is 118. The van der Waals surface area contributed by atoms with E-state index in [9.17, 15) is 57.5 Å². The van der Waals surface area contributed by atoms with Gasteiger partial charge in [-0.05, 0) is 62.9 Å². The maximum atomic E-state index is 12.1. The summed E-state index contributed by atoms with van der Waals surface area (Å²) in [5.74, 6) is -11.3. The Kier molecular flexibility index (Phi) is 232. The first-order valence-corrected chi connectivity index (χ1v) is 24.9. The summed E-state index contributed by atoms with van der Waals surface area (Å²) in [5.41, 5.74) is -5.02. The quantitative estimate of drug-likeness (QED) is 0.0333. The molecular formula is C40H68N4O16S4Y14-4. The molecule has 14 radical (unpaired) electrons. The Hall–Kier alpha value is 10.8. The van der Waals surface area contributed by atoms with Crippen molar-refractivity contribution in [3.05, 3.63) is 38.2 Å². The Bertz CT molecular complexity index is 1400. The van der Waals surface area contributed by atoms with Crippen molar-refractivity contribution in [2.45, 2.75) is 90.4 Å². The van der Waals surface area contributed by atoms with Crippen LogP contribution in [0.1, 0.15) is 79.1 Å². The van der Waals surface area contributed by atoms with Gasteiger partial charge in [0.05, 0.1) is 24.2 Å². The van der Waals surface area contributed by atoms with Crippen LogP contribution in [0.25, 0.3) is 0 Å². The number of Topliss-reactive ketones (excluding diaryl/α,β-unsaturated/α-hetero) is 2. The fourth-order valence-corrected chi connectivity index (χ4v) is 3.12. The Morgan fingerprint density at radius 1 is 0.385 bits per heavy atom. The van der Waals surface area contributed by atoms with Gasteiger partial charge in [-0.1, -0.05) is 13.8 Å². The Labute approximate surface area is 834 Å². The van der Waals surface area contributed by atoms with E-state index >= 15 is 0 Å². The Morgan fingerprint density at radius 2 is 0.577 bits per heavy atom. The standard InChI is InChI=1S/C14H19N2O8.C14H15N2O8.4C2H6S.2C2H5.14Y/c2*1-2-3-9(18)14(8-17,15-10(19)4-6-12(21)22)16-11(20)5-7-13(23)24;4*1-3-2;2*1-2;;;;;;;;;;;;;;/h2-7H2,1H3,(H,15,19)(H,16,20)(H,21,22)(H,23,24);4-7H,2-3H2,1H3,(H,15,19)(H,16,20)(H,21,22)(H,23,24);4*1-2H3;2*1H2,2H3;;;;;;;;;;;;;;/q2*-1;;;;;2*-1;;;;;;;;;;;;;;/b;6-4-,7-5-;;;;;;;;;;;;;;;;;;;;. The van der Waals surface area contributed by atoms with Crippen LogP contribution in [0, 0.1) is 13.8 Å². The van der Waals surface area contributed by atoms with Gasteiger partial charge < -0.3 is 65.1 Å². The number of carboxylic acids is 4. The summed E-state index contributed by atoms with van der Waals surface area (Å²) in [6, 6.07) is 0. The first-order valence-electron chi connectivity index (χ1n) is 18.4. The summed E-state index contributed by atoms with van der Waals surface area (Å²) in [6.45, 7) is 13.2. The summed E-state index contributed by atoms with van der Waals surface area (Å²) in [5, 5.41) is 41.6. The van der Waals surface area contributed by atoms with Gasteiger partial charge in [0.15, 0.2) is 0 Å². The summed E-state index contributed by atoms with van der Waals surface area (Å²) >= 11 is 7.00. The van der Waals surface area contributed by atoms with Crippen LogP contribution in [0.3, 0.4) is 0 Å². The first-order chi connectivity index (χ1) is 30.0. The van der Waals surface area contributed by atoms with Crippen LogP contribution in [0.15, 0.2) is 24.3 Å². The molecule has 20 nitrogen and oxygen atoms in total. The summed E-state index contributed by atoms with van der Waals surface area (Å²) in [6.07, 6.45) is 19.0. The molecule has 0 aliphatic carbocycles. The maximum Gasteiger partial charge on any atom is 0.328 e. The molecule has 78 heavy (non-hydrogen) atoms. The minimum absolute atomic E-state index is 0. The Balaban J connectivity index is -0.0000000276. The van der Waals surface area contributed by atoms with E-state index < -0.39 is 96.1 Å². The molecule has 0 spiro atoms. The van der Waals surface area contributed by atoms with E-state index in [1.165, 1.54) is 12.6 Å². The van der Waals surface area contributed by atoms with E-state index in [1.807, 2.05) is 71.3 Å². The maximum absolute atomic E-state index is 12.1. The molecule has 0 atom stereocenters. The molecule has 0 aromatic heterocycles. The third-order valence-electron chi connectivity index (χ3n) is 5.26. The third-order valence-corrected chi connectivity index (χ3v) is 5.26. The number of thioether (sulfide) groups is 4. The minimum Gasteiger partial charge on any atom is -0.537 e. The largest absolute Gasteiger partial charge is 0.537 e. The van der Waals surface area contributed by atoms with Crippen molar-refractivity contribution >= 4 is 119 Å². The van der Waals surface area contributed by atoms with E-state index in [2.05, 4.69) is 13.8 Å². The first kappa shape index (κ1) is 153. The molecule has 0 rings (SSSR count). The zero-order valence-corrected chi connectivity index (χ0v) is 89.8. The van der Waals surface area contributed by atoms with Crippen LogP contribution in [0.2, 0.25) is 0 Å². The van der Waals surface area contributed by atoms with Gasteiger partial charge in [0.25, 0.3) is 0 Å².